The molecule has 0 bridgehead atoms. The summed E-state index contributed by atoms with van der Waals surface area (Å²) < 4.78 is 5.47. The average molecular weight is 254 g/mol. The van der Waals surface area contributed by atoms with Crippen molar-refractivity contribution < 1.29 is 4.74 Å². The van der Waals surface area contributed by atoms with Gasteiger partial charge >= 0.3 is 0 Å². The molecule has 1 fully saturated rings. The summed E-state index contributed by atoms with van der Waals surface area (Å²) in [6.07, 6.45) is 8.31. The van der Waals surface area contributed by atoms with Crippen LogP contribution in [0.4, 0.5) is 0 Å². The summed E-state index contributed by atoms with van der Waals surface area (Å²) >= 11 is 1.75. The molecule has 3 nitrogen and oxygen atoms in total. The molecule has 0 amide bonds. The van der Waals surface area contributed by atoms with Gasteiger partial charge in [0.2, 0.25) is 0 Å². The summed E-state index contributed by atoms with van der Waals surface area (Å²) in [5, 5.41) is 7.01. The minimum absolute atomic E-state index is 0.413. The van der Waals surface area contributed by atoms with Gasteiger partial charge in [0.1, 0.15) is 5.01 Å². The first kappa shape index (κ1) is 13.0. The molecule has 1 saturated carbocycles. The number of nitrogens with zero attached hydrogens (tertiary/aromatic N) is 1. The quantitative estimate of drug-likeness (QED) is 0.876. The van der Waals surface area contributed by atoms with Gasteiger partial charge in [-0.2, -0.15) is 0 Å². The van der Waals surface area contributed by atoms with E-state index in [4.69, 9.17) is 4.74 Å². The second-order valence-electron chi connectivity index (χ2n) is 4.72. The van der Waals surface area contributed by atoms with Crippen molar-refractivity contribution in [1.29, 1.82) is 0 Å². The Hall–Kier alpha value is -0.450. The zero-order chi connectivity index (χ0) is 12.1. The predicted octanol–water partition coefficient (Wildman–Crippen LogP) is 3.14. The van der Waals surface area contributed by atoms with Gasteiger partial charge in [-0.3, -0.25) is 0 Å². The van der Waals surface area contributed by atoms with Gasteiger partial charge in [-0.05, 0) is 32.1 Å². The summed E-state index contributed by atoms with van der Waals surface area (Å²) in [6.45, 7) is 2.22. The average Bonchev–Trinajstić information content (AvgIpc) is 2.90. The van der Waals surface area contributed by atoms with Crippen LogP contribution in [0, 0.1) is 0 Å². The zero-order valence-electron chi connectivity index (χ0n) is 10.7. The molecule has 0 spiro atoms. The van der Waals surface area contributed by atoms with Gasteiger partial charge in [0.15, 0.2) is 0 Å². The fourth-order valence-corrected chi connectivity index (χ4v) is 3.35. The molecular weight excluding hydrogens is 232 g/mol. The Balaban J connectivity index is 1.90. The largest absolute Gasteiger partial charge is 0.381 e. The van der Waals surface area contributed by atoms with Crippen molar-refractivity contribution in [3.05, 3.63) is 16.6 Å². The number of ether oxygens (including phenoxy) is 1. The third-order valence-electron chi connectivity index (χ3n) is 3.55. The van der Waals surface area contributed by atoms with Gasteiger partial charge in [0.25, 0.3) is 0 Å². The molecule has 3 atom stereocenters. The maximum atomic E-state index is 5.47. The Morgan fingerprint density at radius 1 is 1.59 bits per heavy atom. The third kappa shape index (κ3) is 3.50. The molecular formula is C13H22N2OS. The number of aromatic nitrogens is 1. The number of rotatable bonds is 5. The van der Waals surface area contributed by atoms with Crippen molar-refractivity contribution in [3.63, 3.8) is 0 Å². The fraction of sp³-hybridized carbons (Fsp3) is 0.769. The Labute approximate surface area is 108 Å². The molecule has 1 aliphatic rings. The number of thiazole rings is 1. The van der Waals surface area contributed by atoms with Crippen molar-refractivity contribution in [1.82, 2.24) is 10.3 Å². The molecule has 1 N–H and O–H groups in total. The van der Waals surface area contributed by atoms with Crippen LogP contribution in [0.15, 0.2) is 11.6 Å². The zero-order valence-corrected chi connectivity index (χ0v) is 11.5. The minimum atomic E-state index is 0.413. The van der Waals surface area contributed by atoms with Crippen molar-refractivity contribution in [2.75, 3.05) is 7.11 Å². The third-order valence-corrected chi connectivity index (χ3v) is 4.44. The molecule has 17 heavy (non-hydrogen) atoms. The molecule has 2 rings (SSSR count). The maximum Gasteiger partial charge on any atom is 0.109 e. The maximum absolute atomic E-state index is 5.47. The normalized spacial score (nSPS) is 26.9. The van der Waals surface area contributed by atoms with Crippen molar-refractivity contribution in [2.45, 2.75) is 57.2 Å². The molecule has 1 heterocycles. The summed E-state index contributed by atoms with van der Waals surface area (Å²) in [5.41, 5.74) is 0. The van der Waals surface area contributed by atoms with Crippen molar-refractivity contribution in [3.8, 4) is 0 Å². The van der Waals surface area contributed by atoms with Crippen LogP contribution < -0.4 is 5.32 Å². The van der Waals surface area contributed by atoms with Crippen LogP contribution in [0.3, 0.4) is 0 Å². The van der Waals surface area contributed by atoms with Crippen LogP contribution in [0.2, 0.25) is 0 Å². The van der Waals surface area contributed by atoms with Gasteiger partial charge in [-0.25, -0.2) is 4.98 Å². The van der Waals surface area contributed by atoms with E-state index in [1.54, 1.807) is 11.3 Å². The van der Waals surface area contributed by atoms with Crippen LogP contribution in [0.5, 0.6) is 0 Å². The Morgan fingerprint density at radius 2 is 2.47 bits per heavy atom. The minimum Gasteiger partial charge on any atom is -0.381 e. The molecule has 0 aliphatic heterocycles. The van der Waals surface area contributed by atoms with E-state index in [1.807, 2.05) is 13.3 Å². The molecule has 0 aromatic carbocycles. The lowest BCUT2D eigenvalue weighted by molar-refractivity contribution is 0.0567. The number of nitrogens with one attached hydrogen (secondary N) is 1. The molecule has 96 valence electrons. The second-order valence-corrected chi connectivity index (χ2v) is 5.65. The SMILES string of the molecule is CCC(NC1CCCC(OC)C1)c1nccs1. The topological polar surface area (TPSA) is 34.1 Å². The van der Waals surface area contributed by atoms with Gasteiger partial charge < -0.3 is 10.1 Å². The first-order chi connectivity index (χ1) is 8.33. The standard InChI is InChI=1S/C13H22N2OS/c1-3-12(13-14-7-8-17-13)15-10-5-4-6-11(9-10)16-2/h7-8,10-12,15H,3-6,9H2,1-2H3. The van der Waals surface area contributed by atoms with Gasteiger partial charge in [0, 0.05) is 24.7 Å². The number of hydrogen-bond acceptors (Lipinski definition) is 4. The first-order valence-electron chi connectivity index (χ1n) is 6.51. The molecule has 1 aromatic heterocycles. The van der Waals surface area contributed by atoms with Crippen LogP contribution in [-0.4, -0.2) is 24.2 Å². The molecule has 4 heteroatoms. The highest BCUT2D eigenvalue weighted by molar-refractivity contribution is 7.09. The first-order valence-corrected chi connectivity index (χ1v) is 7.39. The summed E-state index contributed by atoms with van der Waals surface area (Å²) in [6, 6.07) is 0.998. The van der Waals surface area contributed by atoms with E-state index in [-0.39, 0.29) is 0 Å². The van der Waals surface area contributed by atoms with Gasteiger partial charge in [0.05, 0.1) is 12.1 Å². The van der Waals surface area contributed by atoms with Crippen molar-refractivity contribution >= 4 is 11.3 Å². The Morgan fingerprint density at radius 3 is 3.12 bits per heavy atom. The van der Waals surface area contributed by atoms with Crippen molar-refractivity contribution in [2.24, 2.45) is 0 Å². The summed E-state index contributed by atoms with van der Waals surface area (Å²) in [7, 11) is 1.82. The lowest BCUT2D eigenvalue weighted by Crippen LogP contribution is -2.38. The highest BCUT2D eigenvalue weighted by Gasteiger charge is 2.24. The molecule has 1 aromatic rings. The van der Waals surface area contributed by atoms with Crippen LogP contribution in [0.25, 0.3) is 0 Å². The number of hydrogen-bond donors (Lipinski definition) is 1. The van der Waals surface area contributed by atoms with E-state index in [9.17, 15) is 0 Å². The van der Waals surface area contributed by atoms with Crippen LogP contribution >= 0.6 is 11.3 Å². The number of methoxy groups -OCH3 is 1. The Bertz CT molecular complexity index is 315. The van der Waals surface area contributed by atoms with E-state index >= 15 is 0 Å². The highest BCUT2D eigenvalue weighted by atomic mass is 32.1. The molecule has 3 unspecified atom stereocenters. The van der Waals surface area contributed by atoms with E-state index < -0.39 is 0 Å². The summed E-state index contributed by atoms with van der Waals surface area (Å²) in [4.78, 5) is 4.42. The summed E-state index contributed by atoms with van der Waals surface area (Å²) in [5.74, 6) is 0. The predicted molar refractivity (Wildman–Crippen MR) is 71.3 cm³/mol. The molecule has 0 saturated heterocycles. The lowest BCUT2D eigenvalue weighted by Gasteiger charge is -2.31. The van der Waals surface area contributed by atoms with Gasteiger partial charge in [-0.15, -0.1) is 11.3 Å². The smallest absolute Gasteiger partial charge is 0.109 e. The fourth-order valence-electron chi connectivity index (χ4n) is 2.57. The van der Waals surface area contributed by atoms with Gasteiger partial charge in [-0.1, -0.05) is 6.92 Å². The monoisotopic (exact) mass is 254 g/mol. The van der Waals surface area contributed by atoms with E-state index in [2.05, 4.69) is 22.6 Å². The van der Waals surface area contributed by atoms with E-state index in [1.165, 1.54) is 24.3 Å². The van der Waals surface area contributed by atoms with E-state index in [0.717, 1.165) is 12.8 Å². The van der Waals surface area contributed by atoms with Crippen LogP contribution in [0.1, 0.15) is 50.1 Å². The highest BCUT2D eigenvalue weighted by Crippen LogP contribution is 2.25. The van der Waals surface area contributed by atoms with Crippen LogP contribution in [-0.2, 0) is 4.74 Å². The molecule has 0 radical (unpaired) electrons. The lowest BCUT2D eigenvalue weighted by atomic mass is 9.92. The van der Waals surface area contributed by atoms with E-state index in [0.29, 0.717) is 18.2 Å². The Kier molecular flexibility index (Phi) is 4.95. The second kappa shape index (κ2) is 6.47. The molecule has 1 aliphatic carbocycles.